The van der Waals surface area contributed by atoms with Crippen LogP contribution < -0.4 is 10.1 Å². The number of benzene rings is 2. The average Bonchev–Trinajstić information content (AvgIpc) is 2.65. The lowest BCUT2D eigenvalue weighted by atomic mass is 10.1. The first-order valence-electron chi connectivity index (χ1n) is 8.91. The monoisotopic (exact) mass is 357 g/mol. The average molecular weight is 358 g/mol. The first-order valence-corrected chi connectivity index (χ1v) is 9.78. The van der Waals surface area contributed by atoms with Crippen LogP contribution in [0.4, 0.5) is 0 Å². The number of para-hydroxylation sites is 1. The molecule has 3 nitrogen and oxygen atoms in total. The molecule has 1 unspecified atom stereocenters. The Bertz CT molecular complexity index is 645. The summed E-state index contributed by atoms with van der Waals surface area (Å²) < 4.78 is 5.78. The van der Waals surface area contributed by atoms with Crippen LogP contribution in [0.25, 0.3) is 0 Å². The Morgan fingerprint density at radius 2 is 1.84 bits per heavy atom. The zero-order valence-corrected chi connectivity index (χ0v) is 15.9. The van der Waals surface area contributed by atoms with Crippen molar-refractivity contribution in [1.29, 1.82) is 0 Å². The predicted molar refractivity (Wildman–Crippen MR) is 105 cm³/mol. The highest BCUT2D eigenvalue weighted by Gasteiger charge is 2.13. The summed E-state index contributed by atoms with van der Waals surface area (Å²) in [4.78, 5) is 13.3. The maximum Gasteiger partial charge on any atom is 0.233 e. The van der Waals surface area contributed by atoms with Gasteiger partial charge in [0.15, 0.2) is 0 Å². The molecule has 0 aliphatic rings. The zero-order valence-electron chi connectivity index (χ0n) is 15.0. The summed E-state index contributed by atoms with van der Waals surface area (Å²) in [5.74, 6) is 1.05. The van der Waals surface area contributed by atoms with E-state index in [1.165, 1.54) is 5.56 Å². The minimum Gasteiger partial charge on any atom is -0.493 e. The number of amides is 1. The molecule has 134 valence electrons. The van der Waals surface area contributed by atoms with Crippen molar-refractivity contribution in [2.24, 2.45) is 0 Å². The summed E-state index contributed by atoms with van der Waals surface area (Å²) in [5, 5.41) is 2.94. The maximum absolute atomic E-state index is 12.2. The standard InChI is InChI=1S/C21H27NO2S/c1-3-16-24-20-14-8-7-10-18(20)11-9-15-22-21(23)17(2)25-19-12-5-4-6-13-19/h4-8,10,12-14,17H,3,9,11,15-16H2,1-2H3,(H,22,23). The van der Waals surface area contributed by atoms with Crippen molar-refractivity contribution in [3.8, 4) is 5.75 Å². The van der Waals surface area contributed by atoms with Gasteiger partial charge in [-0.15, -0.1) is 11.8 Å². The number of nitrogens with one attached hydrogen (secondary N) is 1. The second-order valence-corrected chi connectivity index (χ2v) is 7.34. The van der Waals surface area contributed by atoms with Crippen molar-refractivity contribution in [1.82, 2.24) is 5.32 Å². The molecule has 0 saturated heterocycles. The number of thioether (sulfide) groups is 1. The number of carbonyl (C=O) groups is 1. The van der Waals surface area contributed by atoms with Gasteiger partial charge >= 0.3 is 0 Å². The number of ether oxygens (including phenoxy) is 1. The third-order valence-corrected chi connectivity index (χ3v) is 4.89. The van der Waals surface area contributed by atoms with E-state index in [9.17, 15) is 4.79 Å². The third-order valence-electron chi connectivity index (χ3n) is 3.78. The highest BCUT2D eigenvalue weighted by molar-refractivity contribution is 8.00. The number of rotatable bonds is 10. The van der Waals surface area contributed by atoms with Crippen molar-refractivity contribution >= 4 is 17.7 Å². The van der Waals surface area contributed by atoms with E-state index in [0.29, 0.717) is 6.54 Å². The number of hydrogen-bond acceptors (Lipinski definition) is 3. The molecule has 0 heterocycles. The smallest absolute Gasteiger partial charge is 0.233 e. The van der Waals surface area contributed by atoms with E-state index in [0.717, 1.165) is 36.5 Å². The van der Waals surface area contributed by atoms with Gasteiger partial charge in [0, 0.05) is 11.4 Å². The van der Waals surface area contributed by atoms with Crippen molar-refractivity contribution in [2.75, 3.05) is 13.2 Å². The number of hydrogen-bond donors (Lipinski definition) is 1. The van der Waals surface area contributed by atoms with Crippen molar-refractivity contribution in [2.45, 2.75) is 43.3 Å². The van der Waals surface area contributed by atoms with Crippen LogP contribution in [-0.4, -0.2) is 24.3 Å². The van der Waals surface area contributed by atoms with Gasteiger partial charge in [-0.2, -0.15) is 0 Å². The van der Waals surface area contributed by atoms with Crippen molar-refractivity contribution in [3.63, 3.8) is 0 Å². The molecule has 0 spiro atoms. The topological polar surface area (TPSA) is 38.3 Å². The molecule has 0 fully saturated rings. The Morgan fingerprint density at radius 1 is 1.12 bits per heavy atom. The van der Waals surface area contributed by atoms with Gasteiger partial charge in [-0.1, -0.05) is 43.3 Å². The Balaban J connectivity index is 1.73. The van der Waals surface area contributed by atoms with E-state index in [1.54, 1.807) is 11.8 Å². The maximum atomic E-state index is 12.2. The summed E-state index contributed by atoms with van der Waals surface area (Å²) in [6.07, 6.45) is 2.81. The third kappa shape index (κ3) is 6.83. The first kappa shape index (κ1) is 19.4. The largest absolute Gasteiger partial charge is 0.493 e. The molecule has 0 aliphatic carbocycles. The molecule has 2 rings (SSSR count). The Labute approximate surface area is 155 Å². The van der Waals surface area contributed by atoms with E-state index >= 15 is 0 Å². The molecule has 1 amide bonds. The first-order chi connectivity index (χ1) is 12.2. The lowest BCUT2D eigenvalue weighted by molar-refractivity contribution is -0.120. The minimum atomic E-state index is -0.0948. The molecule has 4 heteroatoms. The Hall–Kier alpha value is -1.94. The molecule has 2 aromatic carbocycles. The van der Waals surface area contributed by atoms with Crippen LogP contribution in [0.15, 0.2) is 59.5 Å². The SMILES string of the molecule is CCCOc1ccccc1CCCNC(=O)C(C)Sc1ccccc1. The van der Waals surface area contributed by atoms with Gasteiger partial charge in [0.2, 0.25) is 5.91 Å². The van der Waals surface area contributed by atoms with E-state index in [-0.39, 0.29) is 11.2 Å². The molecule has 25 heavy (non-hydrogen) atoms. The van der Waals surface area contributed by atoms with Crippen molar-refractivity contribution < 1.29 is 9.53 Å². The highest BCUT2D eigenvalue weighted by Crippen LogP contribution is 2.23. The highest BCUT2D eigenvalue weighted by atomic mass is 32.2. The molecular formula is C21H27NO2S. The summed E-state index contributed by atoms with van der Waals surface area (Å²) >= 11 is 1.59. The summed E-state index contributed by atoms with van der Waals surface area (Å²) in [5.41, 5.74) is 1.21. The summed E-state index contributed by atoms with van der Waals surface area (Å²) in [6, 6.07) is 18.2. The summed E-state index contributed by atoms with van der Waals surface area (Å²) in [7, 11) is 0. The summed E-state index contributed by atoms with van der Waals surface area (Å²) in [6.45, 7) is 5.47. The zero-order chi connectivity index (χ0) is 17.9. The number of aryl methyl sites for hydroxylation is 1. The van der Waals surface area contributed by atoms with Crippen LogP contribution in [0.2, 0.25) is 0 Å². The minimum absolute atomic E-state index is 0.0874. The fourth-order valence-electron chi connectivity index (χ4n) is 2.45. The van der Waals surface area contributed by atoms with Gasteiger partial charge in [-0.3, -0.25) is 4.79 Å². The Kier molecular flexibility index (Phi) is 8.40. The van der Waals surface area contributed by atoms with Crippen molar-refractivity contribution in [3.05, 3.63) is 60.2 Å². The van der Waals surface area contributed by atoms with Crippen LogP contribution in [0.5, 0.6) is 5.75 Å². The molecule has 0 saturated carbocycles. The van der Waals surface area contributed by atoms with Gasteiger partial charge in [0.1, 0.15) is 5.75 Å². The van der Waals surface area contributed by atoms with Crippen LogP contribution in [0, 0.1) is 0 Å². The second kappa shape index (κ2) is 10.8. The molecule has 0 bridgehead atoms. The lowest BCUT2D eigenvalue weighted by Gasteiger charge is -2.13. The van der Waals surface area contributed by atoms with Crippen LogP contribution in [0.1, 0.15) is 32.3 Å². The molecular weight excluding hydrogens is 330 g/mol. The van der Waals surface area contributed by atoms with Gasteiger partial charge in [-0.05, 0) is 49.9 Å². The van der Waals surface area contributed by atoms with Gasteiger partial charge in [0.05, 0.1) is 11.9 Å². The molecule has 0 aromatic heterocycles. The number of carbonyl (C=O) groups excluding carboxylic acids is 1. The van der Waals surface area contributed by atoms with E-state index in [4.69, 9.17) is 4.74 Å². The second-order valence-electron chi connectivity index (χ2n) is 5.92. The van der Waals surface area contributed by atoms with Crippen LogP contribution in [0.3, 0.4) is 0 Å². The lowest BCUT2D eigenvalue weighted by Crippen LogP contribution is -2.31. The molecule has 0 radical (unpaired) electrons. The van der Waals surface area contributed by atoms with Gasteiger partial charge in [0.25, 0.3) is 0 Å². The molecule has 1 atom stereocenters. The fraction of sp³-hybridized carbons (Fsp3) is 0.381. The van der Waals surface area contributed by atoms with Crippen LogP contribution >= 0.6 is 11.8 Å². The predicted octanol–water partition coefficient (Wildman–Crippen LogP) is 4.71. The van der Waals surface area contributed by atoms with Gasteiger partial charge in [-0.25, -0.2) is 0 Å². The van der Waals surface area contributed by atoms with Crippen LogP contribution in [-0.2, 0) is 11.2 Å². The molecule has 2 aromatic rings. The molecule has 0 aliphatic heterocycles. The quantitative estimate of drug-likeness (QED) is 0.494. The Morgan fingerprint density at radius 3 is 2.60 bits per heavy atom. The van der Waals surface area contributed by atoms with E-state index in [2.05, 4.69) is 18.3 Å². The van der Waals surface area contributed by atoms with E-state index < -0.39 is 0 Å². The molecule has 1 N–H and O–H groups in total. The fourth-order valence-corrected chi connectivity index (χ4v) is 3.37. The van der Waals surface area contributed by atoms with E-state index in [1.807, 2.05) is 55.5 Å². The normalized spacial score (nSPS) is 11.8. The van der Waals surface area contributed by atoms with Gasteiger partial charge < -0.3 is 10.1 Å².